The predicted molar refractivity (Wildman–Crippen MR) is 208 cm³/mol. The van der Waals surface area contributed by atoms with Crippen molar-refractivity contribution in [2.75, 3.05) is 58.3 Å². The molecule has 0 unspecified atom stereocenters. The molecule has 0 atom stereocenters. The Labute approximate surface area is 315 Å². The molecule has 3 aromatic carbocycles. The molecule has 5 rings (SSSR count). The molecule has 286 valence electrons. The predicted octanol–water partition coefficient (Wildman–Crippen LogP) is 5.99. The fourth-order valence-corrected chi connectivity index (χ4v) is 5.79. The zero-order chi connectivity index (χ0) is 38.4. The molecule has 0 radical (unpaired) electrons. The summed E-state index contributed by atoms with van der Waals surface area (Å²) in [7, 11) is 0.633. The molecule has 3 aromatic rings. The van der Waals surface area contributed by atoms with E-state index in [9.17, 15) is 4.79 Å². The van der Waals surface area contributed by atoms with Gasteiger partial charge in [0.2, 0.25) is 0 Å². The molecule has 13 heteroatoms. The summed E-state index contributed by atoms with van der Waals surface area (Å²) in [5.41, 5.74) is 2.73. The van der Waals surface area contributed by atoms with Crippen molar-refractivity contribution >= 4 is 48.2 Å². The number of carbonyl (C=O) groups excluding carboxylic acids is 1. The zero-order valence-electron chi connectivity index (χ0n) is 33.0. The first kappa shape index (κ1) is 40.8. The lowest BCUT2D eigenvalue weighted by Crippen LogP contribution is -2.41. The van der Waals surface area contributed by atoms with Crippen LogP contribution in [0.4, 0.5) is 17.1 Å². The summed E-state index contributed by atoms with van der Waals surface area (Å²) in [5, 5.41) is 0. The van der Waals surface area contributed by atoms with E-state index in [4.69, 9.17) is 42.3 Å². The Kier molecular flexibility index (Phi) is 13.0. The first-order valence-corrected chi connectivity index (χ1v) is 18.4. The van der Waals surface area contributed by atoms with Crippen LogP contribution in [0.3, 0.4) is 0 Å². The Hall–Kier alpha value is -3.42. The summed E-state index contributed by atoms with van der Waals surface area (Å²) in [6.45, 7) is 20.8. The molecule has 0 bridgehead atoms. The van der Waals surface area contributed by atoms with Gasteiger partial charge >= 0.3 is 20.2 Å². The minimum atomic E-state index is -0.499. The summed E-state index contributed by atoms with van der Waals surface area (Å²) < 4.78 is 52.9. The third kappa shape index (κ3) is 9.46. The monoisotopic (exact) mass is 731 g/mol. The second-order valence-corrected chi connectivity index (χ2v) is 15.2. The van der Waals surface area contributed by atoms with E-state index in [0.717, 1.165) is 28.0 Å². The van der Waals surface area contributed by atoms with E-state index in [1.165, 1.54) is 0 Å². The molecule has 0 N–H and O–H groups in total. The van der Waals surface area contributed by atoms with E-state index < -0.39 is 42.6 Å². The highest BCUT2D eigenvalue weighted by Gasteiger charge is 2.52. The van der Waals surface area contributed by atoms with Crippen LogP contribution in [0.25, 0.3) is 0 Å². The fourth-order valence-electron chi connectivity index (χ4n) is 5.79. The minimum Gasteiger partial charge on any atom is -0.490 e. The van der Waals surface area contributed by atoms with Crippen LogP contribution in [-0.4, -0.2) is 96.0 Å². The van der Waals surface area contributed by atoms with E-state index >= 15 is 0 Å². The maximum Gasteiger partial charge on any atom is 0.494 e. The number of esters is 1. The number of carbonyl (C=O) groups is 1. The van der Waals surface area contributed by atoms with Crippen LogP contribution in [-0.2, 0) is 37.6 Å². The molecule has 0 saturated carbocycles. The largest absolute Gasteiger partial charge is 0.494 e. The number of rotatable bonds is 17. The topological polar surface area (TPSA) is 103 Å². The first-order valence-electron chi connectivity index (χ1n) is 18.4. The van der Waals surface area contributed by atoms with Crippen LogP contribution in [0, 0.1) is 0 Å². The van der Waals surface area contributed by atoms with Gasteiger partial charge < -0.3 is 47.2 Å². The van der Waals surface area contributed by atoms with Crippen LogP contribution in [0.1, 0.15) is 72.7 Å². The van der Waals surface area contributed by atoms with Crippen LogP contribution in [0.5, 0.6) is 5.75 Å². The second-order valence-electron chi connectivity index (χ2n) is 15.2. The van der Waals surface area contributed by atoms with Crippen molar-refractivity contribution < 1.29 is 47.1 Å². The van der Waals surface area contributed by atoms with Crippen molar-refractivity contribution in [2.24, 2.45) is 0 Å². The summed E-state index contributed by atoms with van der Waals surface area (Å²) in [6, 6.07) is 21.6. The van der Waals surface area contributed by atoms with Gasteiger partial charge in [0.1, 0.15) is 17.9 Å². The Morgan fingerprint density at radius 3 is 1.45 bits per heavy atom. The Bertz CT molecular complexity index is 1550. The molecule has 2 aliphatic heterocycles. The maximum atomic E-state index is 13.3. The Morgan fingerprint density at radius 2 is 1.02 bits per heavy atom. The van der Waals surface area contributed by atoms with Gasteiger partial charge in [0.25, 0.3) is 0 Å². The third-order valence-electron chi connectivity index (χ3n) is 10.4. The van der Waals surface area contributed by atoms with Crippen molar-refractivity contribution in [3.8, 4) is 5.75 Å². The normalized spacial score (nSPS) is 18.3. The molecule has 0 spiro atoms. The standard InChI is InChI=1S/C40H55B2NO10/c1-11-48-36(44)34-28-33(20-21-35(34)49-27-26-47-25-24-46-23-22-45-10)43(31-16-12-29(13-17-31)41-50-37(2,3)38(4,5)51-41)32-18-14-30(15-19-32)42-52-39(6,7)40(8,9)53-42/h12-21,28H,11,22-27H2,1-10H3. The van der Waals surface area contributed by atoms with E-state index in [1.54, 1.807) is 26.2 Å². The number of ether oxygens (including phenoxy) is 5. The summed E-state index contributed by atoms with van der Waals surface area (Å²) >= 11 is 0. The number of anilines is 3. The van der Waals surface area contributed by atoms with Gasteiger partial charge in [-0.2, -0.15) is 0 Å². The molecule has 2 fully saturated rings. The first-order chi connectivity index (χ1) is 25.1. The second kappa shape index (κ2) is 16.9. The number of methoxy groups -OCH3 is 1. The molecule has 11 nitrogen and oxygen atoms in total. The Morgan fingerprint density at radius 1 is 0.604 bits per heavy atom. The van der Waals surface area contributed by atoms with Crippen molar-refractivity contribution in [2.45, 2.75) is 84.7 Å². The SMILES string of the molecule is CCOC(=O)c1cc(N(c2ccc(B3OC(C)(C)C(C)(C)O3)cc2)c2ccc(B3OC(C)(C)C(C)(C)O3)cc2)ccc1OCCOCCOCCOC. The van der Waals surface area contributed by atoms with Crippen molar-refractivity contribution in [1.82, 2.24) is 0 Å². The average Bonchev–Trinajstić information content (AvgIpc) is 3.47. The van der Waals surface area contributed by atoms with Gasteiger partial charge in [0, 0.05) is 24.2 Å². The Balaban J connectivity index is 1.43. The molecule has 0 amide bonds. The molecular weight excluding hydrogens is 676 g/mol. The lowest BCUT2D eigenvalue weighted by molar-refractivity contribution is 0.00578. The highest BCUT2D eigenvalue weighted by atomic mass is 16.7. The van der Waals surface area contributed by atoms with E-state index in [2.05, 4.69) is 4.90 Å². The van der Waals surface area contributed by atoms with Crippen LogP contribution >= 0.6 is 0 Å². The van der Waals surface area contributed by atoms with Gasteiger partial charge in [-0.05, 0) is 116 Å². The number of nitrogens with zero attached hydrogens (tertiary/aromatic N) is 1. The highest BCUT2D eigenvalue weighted by molar-refractivity contribution is 6.62. The van der Waals surface area contributed by atoms with Gasteiger partial charge in [0.05, 0.1) is 62.0 Å². The van der Waals surface area contributed by atoms with Gasteiger partial charge in [-0.25, -0.2) is 4.79 Å². The van der Waals surface area contributed by atoms with Crippen LogP contribution in [0.2, 0.25) is 0 Å². The zero-order valence-corrected chi connectivity index (χ0v) is 33.0. The lowest BCUT2D eigenvalue weighted by Gasteiger charge is -2.32. The molecule has 2 heterocycles. The molecule has 0 aliphatic carbocycles. The quantitative estimate of drug-likeness (QED) is 0.0930. The average molecular weight is 732 g/mol. The number of hydrogen-bond donors (Lipinski definition) is 0. The van der Waals surface area contributed by atoms with E-state index in [-0.39, 0.29) is 13.2 Å². The third-order valence-corrected chi connectivity index (χ3v) is 10.4. The smallest absolute Gasteiger partial charge is 0.490 e. The fraction of sp³-hybridized carbons (Fsp3) is 0.525. The van der Waals surface area contributed by atoms with Gasteiger partial charge in [-0.3, -0.25) is 0 Å². The summed E-state index contributed by atoms with van der Waals surface area (Å²) in [4.78, 5) is 15.4. The van der Waals surface area contributed by atoms with Gasteiger partial charge in [-0.1, -0.05) is 24.3 Å². The van der Waals surface area contributed by atoms with Crippen molar-refractivity contribution in [1.29, 1.82) is 0 Å². The van der Waals surface area contributed by atoms with E-state index in [1.807, 2.05) is 110 Å². The number of hydrogen-bond acceptors (Lipinski definition) is 11. The molecular formula is C40H55B2NO10. The summed E-state index contributed by atoms with van der Waals surface area (Å²) in [5.74, 6) is -0.0803. The maximum absolute atomic E-state index is 13.3. The molecule has 0 aromatic heterocycles. The highest BCUT2D eigenvalue weighted by Crippen LogP contribution is 2.40. The lowest BCUT2D eigenvalue weighted by atomic mass is 9.79. The minimum absolute atomic E-state index is 0.221. The van der Waals surface area contributed by atoms with Crippen molar-refractivity contribution in [3.05, 3.63) is 72.3 Å². The molecule has 2 aliphatic rings. The molecule has 53 heavy (non-hydrogen) atoms. The molecule has 2 saturated heterocycles. The van der Waals surface area contributed by atoms with Crippen LogP contribution in [0.15, 0.2) is 66.7 Å². The van der Waals surface area contributed by atoms with Gasteiger partial charge in [-0.15, -0.1) is 0 Å². The van der Waals surface area contributed by atoms with Gasteiger partial charge in [0.15, 0.2) is 0 Å². The van der Waals surface area contributed by atoms with Crippen LogP contribution < -0.4 is 20.6 Å². The van der Waals surface area contributed by atoms with Crippen molar-refractivity contribution in [3.63, 3.8) is 0 Å². The summed E-state index contributed by atoms with van der Waals surface area (Å²) in [6.07, 6.45) is 0. The number of benzene rings is 3. The van der Waals surface area contributed by atoms with E-state index in [0.29, 0.717) is 44.3 Å².